The second-order valence-corrected chi connectivity index (χ2v) is 4.71. The molecule has 2 rings (SSSR count). The van der Waals surface area contributed by atoms with Gasteiger partial charge in [0.2, 0.25) is 0 Å². The number of nitrogens with two attached hydrogens (primary N) is 1. The number of hydrogen-bond donors (Lipinski definition) is 2. The Bertz CT molecular complexity index is 861. The molecule has 1 aromatic carbocycles. The Hall–Kier alpha value is -2.64. The van der Waals surface area contributed by atoms with Crippen molar-refractivity contribution in [2.24, 2.45) is 0 Å². The number of aromatic nitrogens is 1. The van der Waals surface area contributed by atoms with Gasteiger partial charge in [0.05, 0.1) is 0 Å². The third-order valence-electron chi connectivity index (χ3n) is 2.95. The number of halogens is 2. The van der Waals surface area contributed by atoms with Crippen LogP contribution in [-0.4, -0.2) is 4.98 Å². The van der Waals surface area contributed by atoms with Crippen LogP contribution in [0.4, 0.5) is 10.2 Å². The molecule has 21 heavy (non-hydrogen) atoms. The lowest BCUT2D eigenvalue weighted by Gasteiger charge is -2.12. The van der Waals surface area contributed by atoms with Gasteiger partial charge in [0.25, 0.3) is 5.56 Å². The molecule has 0 fully saturated rings. The van der Waals surface area contributed by atoms with Crippen LogP contribution < -0.4 is 11.3 Å². The van der Waals surface area contributed by atoms with E-state index in [1.165, 1.54) is 18.2 Å². The molecule has 0 aliphatic rings. The Morgan fingerprint density at radius 1 is 1.29 bits per heavy atom. The van der Waals surface area contributed by atoms with E-state index >= 15 is 0 Å². The van der Waals surface area contributed by atoms with Crippen LogP contribution >= 0.6 is 15.9 Å². The lowest BCUT2D eigenvalue weighted by atomic mass is 9.93. The number of H-pyrrole nitrogens is 1. The first-order chi connectivity index (χ1) is 10.0. The van der Waals surface area contributed by atoms with Crippen LogP contribution in [0.15, 0.2) is 23.0 Å². The number of nitrogens with zero attached hydrogens (tertiary/aromatic N) is 2. The van der Waals surface area contributed by atoms with Crippen molar-refractivity contribution >= 4 is 21.7 Å². The minimum Gasteiger partial charge on any atom is -0.384 e. The summed E-state index contributed by atoms with van der Waals surface area (Å²) in [6.07, 6.45) is 0. The number of rotatable bonds is 2. The van der Waals surface area contributed by atoms with Gasteiger partial charge >= 0.3 is 0 Å². The quantitative estimate of drug-likeness (QED) is 0.814. The fraction of sp³-hybridized carbons (Fsp3) is 0.0714. The van der Waals surface area contributed by atoms with Crippen LogP contribution in [0.2, 0.25) is 0 Å². The van der Waals surface area contributed by atoms with Crippen LogP contribution in [0.5, 0.6) is 0 Å². The molecule has 0 unspecified atom stereocenters. The zero-order chi connectivity index (χ0) is 15.6. The minimum atomic E-state index is -0.686. The topological polar surface area (TPSA) is 106 Å². The minimum absolute atomic E-state index is 0.0139. The molecular weight excluding hydrogens is 339 g/mol. The Morgan fingerprint density at radius 2 is 1.95 bits per heavy atom. The molecule has 3 N–H and O–H groups in total. The maximum Gasteiger partial charge on any atom is 0.268 e. The number of aromatic amines is 1. The van der Waals surface area contributed by atoms with Crippen LogP contribution in [0, 0.1) is 28.5 Å². The van der Waals surface area contributed by atoms with Gasteiger partial charge in [0.15, 0.2) is 0 Å². The predicted molar refractivity (Wildman–Crippen MR) is 78.9 cm³/mol. The first kappa shape index (κ1) is 14.8. The van der Waals surface area contributed by atoms with E-state index in [1.807, 2.05) is 6.07 Å². The van der Waals surface area contributed by atoms with Gasteiger partial charge in [0.1, 0.15) is 34.9 Å². The predicted octanol–water partition coefficient (Wildman–Crippen LogP) is 2.40. The maximum atomic E-state index is 13.3. The van der Waals surface area contributed by atoms with Crippen molar-refractivity contribution in [3.8, 4) is 23.3 Å². The van der Waals surface area contributed by atoms with E-state index in [0.29, 0.717) is 16.5 Å². The zero-order valence-electron chi connectivity index (χ0n) is 10.6. The highest BCUT2D eigenvalue weighted by Gasteiger charge is 2.20. The van der Waals surface area contributed by atoms with Crippen molar-refractivity contribution in [3.63, 3.8) is 0 Å². The van der Waals surface area contributed by atoms with Crippen LogP contribution in [0.3, 0.4) is 0 Å². The number of nitriles is 2. The number of nitrogens with one attached hydrogen (secondary N) is 1. The summed E-state index contributed by atoms with van der Waals surface area (Å²) in [5.41, 5.74) is 5.76. The maximum absolute atomic E-state index is 13.3. The third-order valence-corrected chi connectivity index (χ3v) is 3.55. The molecular formula is C14H8BrFN4O. The lowest BCUT2D eigenvalue weighted by Crippen LogP contribution is -2.16. The molecule has 0 spiro atoms. The molecule has 0 aliphatic heterocycles. The largest absolute Gasteiger partial charge is 0.384 e. The number of anilines is 1. The molecule has 0 bridgehead atoms. The summed E-state index contributed by atoms with van der Waals surface area (Å²) in [6, 6.07) is 7.53. The molecule has 0 saturated heterocycles. The number of benzene rings is 1. The van der Waals surface area contributed by atoms with Crippen molar-refractivity contribution in [1.29, 1.82) is 10.5 Å². The SMILES string of the molecule is N#Cc1c(N)[nH]c(=O)c(C#N)c1-c1ccc(F)cc1CBr. The highest BCUT2D eigenvalue weighted by molar-refractivity contribution is 9.08. The van der Waals surface area contributed by atoms with E-state index in [-0.39, 0.29) is 22.5 Å². The fourth-order valence-electron chi connectivity index (χ4n) is 2.03. The molecule has 7 heteroatoms. The molecule has 2 aromatic rings. The van der Waals surface area contributed by atoms with Gasteiger partial charge in [0, 0.05) is 10.9 Å². The summed E-state index contributed by atoms with van der Waals surface area (Å²) in [5.74, 6) is -0.579. The van der Waals surface area contributed by atoms with E-state index < -0.39 is 11.4 Å². The fourth-order valence-corrected chi connectivity index (χ4v) is 2.49. The number of hydrogen-bond acceptors (Lipinski definition) is 4. The zero-order valence-corrected chi connectivity index (χ0v) is 12.2. The van der Waals surface area contributed by atoms with E-state index in [4.69, 9.17) is 5.73 Å². The Balaban J connectivity index is 2.97. The van der Waals surface area contributed by atoms with E-state index in [9.17, 15) is 19.7 Å². The second kappa shape index (κ2) is 5.78. The lowest BCUT2D eigenvalue weighted by molar-refractivity contribution is 0.627. The summed E-state index contributed by atoms with van der Waals surface area (Å²) in [5, 5.41) is 18.7. The Morgan fingerprint density at radius 3 is 2.52 bits per heavy atom. The molecule has 0 radical (unpaired) electrons. The number of pyridine rings is 1. The van der Waals surface area contributed by atoms with E-state index in [1.54, 1.807) is 6.07 Å². The standard InChI is InChI=1S/C14H8BrFN4O/c15-4-7-3-8(16)1-2-9(7)12-10(5-17)13(19)20-14(21)11(12)6-18/h1-3H,4H2,(H3,19,20,21). The summed E-state index contributed by atoms with van der Waals surface area (Å²) in [4.78, 5) is 14.1. The van der Waals surface area contributed by atoms with Crippen molar-refractivity contribution in [1.82, 2.24) is 4.98 Å². The van der Waals surface area contributed by atoms with Crippen LogP contribution in [-0.2, 0) is 5.33 Å². The van der Waals surface area contributed by atoms with Gasteiger partial charge in [-0.15, -0.1) is 0 Å². The first-order valence-electron chi connectivity index (χ1n) is 5.74. The van der Waals surface area contributed by atoms with Gasteiger partial charge in [-0.1, -0.05) is 22.0 Å². The van der Waals surface area contributed by atoms with Gasteiger partial charge in [-0.05, 0) is 23.3 Å². The Kier molecular flexibility index (Phi) is 4.06. The smallest absolute Gasteiger partial charge is 0.268 e. The van der Waals surface area contributed by atoms with Crippen molar-refractivity contribution in [2.75, 3.05) is 5.73 Å². The van der Waals surface area contributed by atoms with Crippen LogP contribution in [0.25, 0.3) is 11.1 Å². The molecule has 0 amide bonds. The van der Waals surface area contributed by atoms with E-state index in [2.05, 4.69) is 20.9 Å². The third kappa shape index (κ3) is 2.51. The average Bonchev–Trinajstić information content (AvgIpc) is 2.46. The normalized spacial score (nSPS) is 9.90. The molecule has 5 nitrogen and oxygen atoms in total. The average molecular weight is 347 g/mol. The van der Waals surface area contributed by atoms with Crippen molar-refractivity contribution in [2.45, 2.75) is 5.33 Å². The molecule has 0 saturated carbocycles. The molecule has 1 heterocycles. The van der Waals surface area contributed by atoms with Gasteiger partial charge in [-0.25, -0.2) is 4.39 Å². The second-order valence-electron chi connectivity index (χ2n) is 4.15. The van der Waals surface area contributed by atoms with Gasteiger partial charge < -0.3 is 10.7 Å². The molecule has 0 aliphatic carbocycles. The molecule has 1 aromatic heterocycles. The van der Waals surface area contributed by atoms with E-state index in [0.717, 1.165) is 0 Å². The molecule has 0 atom stereocenters. The summed E-state index contributed by atoms with van der Waals surface area (Å²) in [7, 11) is 0. The summed E-state index contributed by atoms with van der Waals surface area (Å²) >= 11 is 3.22. The van der Waals surface area contributed by atoms with Crippen molar-refractivity contribution in [3.05, 3.63) is 51.1 Å². The number of alkyl halides is 1. The Labute approximate surface area is 127 Å². The summed E-state index contributed by atoms with van der Waals surface area (Å²) < 4.78 is 13.3. The highest BCUT2D eigenvalue weighted by atomic mass is 79.9. The van der Waals surface area contributed by atoms with Crippen LogP contribution in [0.1, 0.15) is 16.7 Å². The van der Waals surface area contributed by atoms with Gasteiger partial charge in [-0.3, -0.25) is 4.79 Å². The number of nitrogen functional groups attached to an aromatic ring is 1. The van der Waals surface area contributed by atoms with Gasteiger partial charge in [-0.2, -0.15) is 10.5 Å². The van der Waals surface area contributed by atoms with Crippen molar-refractivity contribution < 1.29 is 4.39 Å². The first-order valence-corrected chi connectivity index (χ1v) is 6.86. The summed E-state index contributed by atoms with van der Waals surface area (Å²) in [6.45, 7) is 0. The molecule has 104 valence electrons. The monoisotopic (exact) mass is 346 g/mol. The highest BCUT2D eigenvalue weighted by Crippen LogP contribution is 2.32.